The average Bonchev–Trinajstić information content (AvgIpc) is 2.30. The van der Waals surface area contributed by atoms with E-state index in [-0.39, 0.29) is 5.75 Å². The highest BCUT2D eigenvalue weighted by Gasteiger charge is 1.96. The SMILES string of the molecule is Nc1ccc(N=Nc2ccccc2O)cc1. The molecule has 0 bridgehead atoms. The lowest BCUT2D eigenvalue weighted by molar-refractivity contribution is 0.476. The van der Waals surface area contributed by atoms with E-state index in [4.69, 9.17) is 5.73 Å². The van der Waals surface area contributed by atoms with Crippen molar-refractivity contribution in [2.24, 2.45) is 10.2 Å². The Labute approximate surface area is 93.1 Å². The lowest BCUT2D eigenvalue weighted by Gasteiger charge is -1.96. The number of phenols is 1. The van der Waals surface area contributed by atoms with Crippen LogP contribution in [0.25, 0.3) is 0 Å². The van der Waals surface area contributed by atoms with Crippen LogP contribution < -0.4 is 5.73 Å². The van der Waals surface area contributed by atoms with Gasteiger partial charge >= 0.3 is 0 Å². The van der Waals surface area contributed by atoms with Gasteiger partial charge < -0.3 is 10.8 Å². The van der Waals surface area contributed by atoms with Crippen molar-refractivity contribution >= 4 is 17.1 Å². The molecule has 0 unspecified atom stereocenters. The largest absolute Gasteiger partial charge is 0.506 e. The van der Waals surface area contributed by atoms with Crippen molar-refractivity contribution in [1.82, 2.24) is 0 Å². The van der Waals surface area contributed by atoms with E-state index in [1.165, 1.54) is 0 Å². The zero-order chi connectivity index (χ0) is 11.4. The second-order valence-electron chi connectivity index (χ2n) is 3.28. The highest BCUT2D eigenvalue weighted by atomic mass is 16.3. The molecule has 0 heterocycles. The van der Waals surface area contributed by atoms with E-state index in [0.717, 1.165) is 0 Å². The predicted octanol–water partition coefficient (Wildman–Crippen LogP) is 3.39. The van der Waals surface area contributed by atoms with Crippen LogP contribution in [0.1, 0.15) is 0 Å². The summed E-state index contributed by atoms with van der Waals surface area (Å²) in [5.41, 5.74) is 7.36. The molecule has 16 heavy (non-hydrogen) atoms. The molecule has 0 spiro atoms. The number of hydrogen-bond donors (Lipinski definition) is 2. The number of benzene rings is 2. The van der Waals surface area contributed by atoms with Gasteiger partial charge in [-0.1, -0.05) is 12.1 Å². The summed E-state index contributed by atoms with van der Waals surface area (Å²) in [6.07, 6.45) is 0. The Hall–Kier alpha value is -2.36. The number of nitrogens with two attached hydrogens (primary N) is 1. The van der Waals surface area contributed by atoms with Gasteiger partial charge in [-0.05, 0) is 36.4 Å². The van der Waals surface area contributed by atoms with Gasteiger partial charge in [-0.15, -0.1) is 5.11 Å². The predicted molar refractivity (Wildman–Crippen MR) is 63.1 cm³/mol. The Morgan fingerprint density at radius 1 is 0.875 bits per heavy atom. The van der Waals surface area contributed by atoms with Crippen LogP contribution in [0, 0.1) is 0 Å². The third-order valence-corrected chi connectivity index (χ3v) is 2.05. The molecule has 4 heteroatoms. The summed E-state index contributed by atoms with van der Waals surface area (Å²) in [5, 5.41) is 17.4. The smallest absolute Gasteiger partial charge is 0.143 e. The first-order valence-corrected chi connectivity index (χ1v) is 4.81. The number of azo groups is 1. The maximum absolute atomic E-state index is 9.46. The van der Waals surface area contributed by atoms with Crippen LogP contribution in [0.2, 0.25) is 0 Å². The molecule has 0 aromatic heterocycles. The van der Waals surface area contributed by atoms with E-state index in [9.17, 15) is 5.11 Å². The van der Waals surface area contributed by atoms with Gasteiger partial charge in [0.25, 0.3) is 0 Å². The molecule has 2 aromatic carbocycles. The molecule has 0 radical (unpaired) electrons. The summed E-state index contributed by atoms with van der Waals surface area (Å²) in [7, 11) is 0. The molecule has 2 rings (SSSR count). The van der Waals surface area contributed by atoms with Crippen LogP contribution >= 0.6 is 0 Å². The van der Waals surface area contributed by atoms with Crippen LogP contribution in [0.5, 0.6) is 5.75 Å². The summed E-state index contributed by atoms with van der Waals surface area (Å²) in [5.74, 6) is 0.113. The third kappa shape index (κ3) is 2.36. The summed E-state index contributed by atoms with van der Waals surface area (Å²) in [4.78, 5) is 0. The number of anilines is 1. The number of hydrogen-bond acceptors (Lipinski definition) is 4. The van der Waals surface area contributed by atoms with Crippen molar-refractivity contribution in [3.63, 3.8) is 0 Å². The van der Waals surface area contributed by atoms with Gasteiger partial charge in [0.05, 0.1) is 5.69 Å². The van der Waals surface area contributed by atoms with Crippen molar-refractivity contribution in [3.05, 3.63) is 48.5 Å². The van der Waals surface area contributed by atoms with Crippen molar-refractivity contribution < 1.29 is 5.11 Å². The number of phenolic OH excluding ortho intramolecular Hbond substituents is 1. The second kappa shape index (κ2) is 4.44. The quantitative estimate of drug-likeness (QED) is 0.592. The Morgan fingerprint density at radius 2 is 1.56 bits per heavy atom. The fourth-order valence-electron chi connectivity index (χ4n) is 1.20. The van der Waals surface area contributed by atoms with E-state index in [1.54, 1.807) is 48.5 Å². The first-order valence-electron chi connectivity index (χ1n) is 4.81. The molecule has 3 N–H and O–H groups in total. The number of rotatable bonds is 2. The number of para-hydroxylation sites is 1. The molecule has 0 aliphatic rings. The minimum Gasteiger partial charge on any atom is -0.506 e. The van der Waals surface area contributed by atoms with Gasteiger partial charge in [0, 0.05) is 5.69 Å². The normalized spacial score (nSPS) is 10.8. The minimum absolute atomic E-state index is 0.113. The van der Waals surface area contributed by atoms with E-state index in [0.29, 0.717) is 17.1 Å². The highest BCUT2D eigenvalue weighted by molar-refractivity contribution is 5.51. The second-order valence-corrected chi connectivity index (χ2v) is 3.28. The zero-order valence-electron chi connectivity index (χ0n) is 8.54. The van der Waals surface area contributed by atoms with Gasteiger partial charge in [0.2, 0.25) is 0 Å². The zero-order valence-corrected chi connectivity index (χ0v) is 8.54. The summed E-state index contributed by atoms with van der Waals surface area (Å²) < 4.78 is 0. The maximum Gasteiger partial charge on any atom is 0.143 e. The molecule has 0 saturated carbocycles. The standard InChI is InChI=1S/C12H11N3O/c13-9-5-7-10(8-6-9)14-15-11-3-1-2-4-12(11)16/h1-8,16H,13H2. The minimum atomic E-state index is 0.113. The molecule has 4 nitrogen and oxygen atoms in total. The lowest BCUT2D eigenvalue weighted by Crippen LogP contribution is -1.80. The van der Waals surface area contributed by atoms with Crippen LogP contribution in [0.15, 0.2) is 58.8 Å². The van der Waals surface area contributed by atoms with E-state index in [1.807, 2.05) is 0 Å². The van der Waals surface area contributed by atoms with Gasteiger partial charge in [-0.25, -0.2) is 0 Å². The van der Waals surface area contributed by atoms with Crippen molar-refractivity contribution in [1.29, 1.82) is 0 Å². The number of nitrogen functional groups attached to an aromatic ring is 1. The van der Waals surface area contributed by atoms with Gasteiger partial charge in [0.1, 0.15) is 11.4 Å². The molecular weight excluding hydrogens is 202 g/mol. The van der Waals surface area contributed by atoms with E-state index >= 15 is 0 Å². The molecule has 0 aliphatic heterocycles. The summed E-state index contributed by atoms with van der Waals surface area (Å²) in [6, 6.07) is 13.8. The number of aromatic hydroxyl groups is 1. The van der Waals surface area contributed by atoms with Crippen LogP contribution in [0.4, 0.5) is 17.1 Å². The van der Waals surface area contributed by atoms with Crippen LogP contribution in [-0.2, 0) is 0 Å². The molecule has 0 amide bonds. The third-order valence-electron chi connectivity index (χ3n) is 2.05. The lowest BCUT2D eigenvalue weighted by atomic mass is 10.3. The van der Waals surface area contributed by atoms with E-state index < -0.39 is 0 Å². The Morgan fingerprint density at radius 3 is 2.25 bits per heavy atom. The van der Waals surface area contributed by atoms with Crippen molar-refractivity contribution in [2.45, 2.75) is 0 Å². The average molecular weight is 213 g/mol. The summed E-state index contributed by atoms with van der Waals surface area (Å²) in [6.45, 7) is 0. The first kappa shape index (κ1) is 10.2. The molecular formula is C12H11N3O. The molecule has 0 saturated heterocycles. The first-order chi connectivity index (χ1) is 7.75. The fourth-order valence-corrected chi connectivity index (χ4v) is 1.20. The van der Waals surface area contributed by atoms with Gasteiger partial charge in [0.15, 0.2) is 0 Å². The molecule has 2 aromatic rings. The van der Waals surface area contributed by atoms with Crippen molar-refractivity contribution in [3.8, 4) is 5.75 Å². The Kier molecular flexibility index (Phi) is 2.82. The van der Waals surface area contributed by atoms with E-state index in [2.05, 4.69) is 10.2 Å². The highest BCUT2D eigenvalue weighted by Crippen LogP contribution is 2.27. The maximum atomic E-state index is 9.46. The Bertz CT molecular complexity index is 506. The topological polar surface area (TPSA) is 71.0 Å². The van der Waals surface area contributed by atoms with Gasteiger partial charge in [-0.2, -0.15) is 5.11 Å². The van der Waals surface area contributed by atoms with Gasteiger partial charge in [-0.3, -0.25) is 0 Å². The van der Waals surface area contributed by atoms with Crippen LogP contribution in [0.3, 0.4) is 0 Å². The molecule has 0 atom stereocenters. The molecule has 80 valence electrons. The monoisotopic (exact) mass is 213 g/mol. The Balaban J connectivity index is 2.21. The van der Waals surface area contributed by atoms with Crippen LogP contribution in [-0.4, -0.2) is 5.11 Å². The molecule has 0 aliphatic carbocycles. The number of nitrogens with zero attached hydrogens (tertiary/aromatic N) is 2. The fraction of sp³-hybridized carbons (Fsp3) is 0. The van der Waals surface area contributed by atoms with Crippen molar-refractivity contribution in [2.75, 3.05) is 5.73 Å². The summed E-state index contributed by atoms with van der Waals surface area (Å²) >= 11 is 0. The molecule has 0 fully saturated rings.